The molecular weight excluding hydrogens is 262 g/mol. The van der Waals surface area contributed by atoms with Crippen molar-refractivity contribution < 1.29 is 9.84 Å². The average molecular weight is 287 g/mol. The molecule has 1 aromatic carbocycles. The van der Waals surface area contributed by atoms with Gasteiger partial charge in [-0.15, -0.1) is 0 Å². The Bertz CT molecular complexity index is 535. The van der Waals surface area contributed by atoms with E-state index < -0.39 is 0 Å². The fraction of sp³-hybridized carbons (Fsp3) is 0.556. The molecule has 1 aliphatic carbocycles. The maximum Gasteiger partial charge on any atom is 0.0890 e. The maximum atomic E-state index is 9.72. The van der Waals surface area contributed by atoms with Gasteiger partial charge < -0.3 is 14.7 Å². The van der Waals surface area contributed by atoms with Crippen LogP contribution in [0.2, 0.25) is 0 Å². The van der Waals surface area contributed by atoms with Crippen molar-refractivity contribution in [3.05, 3.63) is 41.5 Å². The molecule has 1 N–H and O–H groups in total. The Labute approximate surface area is 127 Å². The highest BCUT2D eigenvalue weighted by Gasteiger charge is 2.44. The Morgan fingerprint density at radius 1 is 1.29 bits per heavy atom. The summed E-state index contributed by atoms with van der Waals surface area (Å²) in [7, 11) is 4.10. The standard InChI is InChI=1S/C18H25NO2/c1-13-8-9-18(11-20)10-16(13)17(21-12-18)14-4-6-15(7-5-14)19(2)3/h4-8,16-17,20H,9-12H2,1-3H3. The van der Waals surface area contributed by atoms with Crippen LogP contribution in [0.25, 0.3) is 0 Å². The van der Waals surface area contributed by atoms with Gasteiger partial charge in [0.05, 0.1) is 19.3 Å². The minimum Gasteiger partial charge on any atom is -0.396 e. The lowest BCUT2D eigenvalue weighted by Gasteiger charge is -2.47. The summed E-state index contributed by atoms with van der Waals surface area (Å²) >= 11 is 0. The summed E-state index contributed by atoms with van der Waals surface area (Å²) < 4.78 is 6.18. The highest BCUT2D eigenvalue weighted by molar-refractivity contribution is 5.46. The van der Waals surface area contributed by atoms with E-state index in [4.69, 9.17) is 4.74 Å². The number of anilines is 1. The van der Waals surface area contributed by atoms with Crippen molar-refractivity contribution in [3.63, 3.8) is 0 Å². The van der Waals surface area contributed by atoms with E-state index in [0.717, 1.165) is 12.8 Å². The third-order valence-corrected chi connectivity index (χ3v) is 5.10. The van der Waals surface area contributed by atoms with Gasteiger partial charge in [0.1, 0.15) is 0 Å². The second-order valence-electron chi connectivity index (χ2n) is 6.84. The molecule has 3 heteroatoms. The van der Waals surface area contributed by atoms with Gasteiger partial charge >= 0.3 is 0 Å². The Morgan fingerprint density at radius 3 is 2.62 bits per heavy atom. The molecule has 1 aromatic rings. The van der Waals surface area contributed by atoms with Crippen LogP contribution in [0.4, 0.5) is 5.69 Å². The summed E-state index contributed by atoms with van der Waals surface area (Å²) in [6.45, 7) is 3.07. The summed E-state index contributed by atoms with van der Waals surface area (Å²) in [5.41, 5.74) is 3.80. The first kappa shape index (κ1) is 14.6. The fourth-order valence-corrected chi connectivity index (χ4v) is 3.55. The third-order valence-electron chi connectivity index (χ3n) is 5.10. The Morgan fingerprint density at radius 2 is 2.00 bits per heavy atom. The van der Waals surface area contributed by atoms with E-state index >= 15 is 0 Å². The third kappa shape index (κ3) is 2.60. The van der Waals surface area contributed by atoms with E-state index in [0.29, 0.717) is 12.5 Å². The van der Waals surface area contributed by atoms with Crippen LogP contribution in [0.3, 0.4) is 0 Å². The first-order valence-electron chi connectivity index (χ1n) is 7.71. The molecule has 0 radical (unpaired) electrons. The van der Waals surface area contributed by atoms with Crippen LogP contribution in [-0.2, 0) is 4.74 Å². The van der Waals surface area contributed by atoms with Gasteiger partial charge in [0.25, 0.3) is 0 Å². The molecule has 114 valence electrons. The topological polar surface area (TPSA) is 32.7 Å². The van der Waals surface area contributed by atoms with E-state index in [1.807, 2.05) is 0 Å². The largest absolute Gasteiger partial charge is 0.396 e. The number of nitrogens with zero attached hydrogens (tertiary/aromatic N) is 1. The molecule has 1 saturated heterocycles. The molecule has 2 aliphatic rings. The van der Waals surface area contributed by atoms with Crippen molar-refractivity contribution in [1.29, 1.82) is 0 Å². The number of aliphatic hydroxyl groups is 1. The van der Waals surface area contributed by atoms with Gasteiger partial charge in [0.15, 0.2) is 0 Å². The number of fused-ring (bicyclic) bond motifs is 2. The molecule has 0 amide bonds. The number of aliphatic hydroxyl groups excluding tert-OH is 1. The van der Waals surface area contributed by atoms with Crippen LogP contribution in [0.1, 0.15) is 31.4 Å². The van der Waals surface area contributed by atoms with Gasteiger partial charge in [-0.05, 0) is 37.5 Å². The molecule has 1 aliphatic heterocycles. The first-order chi connectivity index (χ1) is 10.0. The summed E-state index contributed by atoms with van der Waals surface area (Å²) in [6, 6.07) is 8.64. The molecule has 0 saturated carbocycles. The zero-order valence-corrected chi connectivity index (χ0v) is 13.2. The quantitative estimate of drug-likeness (QED) is 0.867. The molecule has 21 heavy (non-hydrogen) atoms. The Kier molecular flexibility index (Phi) is 3.80. The Balaban J connectivity index is 1.86. The summed E-state index contributed by atoms with van der Waals surface area (Å²) in [5, 5.41) is 9.72. The van der Waals surface area contributed by atoms with E-state index in [1.165, 1.54) is 16.8 Å². The Hall–Kier alpha value is -1.32. The van der Waals surface area contributed by atoms with Gasteiger partial charge in [-0.1, -0.05) is 23.8 Å². The monoisotopic (exact) mass is 287 g/mol. The predicted octanol–water partition coefficient (Wildman–Crippen LogP) is 3.16. The number of ether oxygens (including phenoxy) is 1. The van der Waals surface area contributed by atoms with E-state index in [1.54, 1.807) is 0 Å². The van der Waals surface area contributed by atoms with Gasteiger partial charge in [-0.3, -0.25) is 0 Å². The molecule has 3 unspecified atom stereocenters. The van der Waals surface area contributed by atoms with Crippen molar-refractivity contribution in [2.24, 2.45) is 11.3 Å². The molecule has 3 rings (SSSR count). The van der Waals surface area contributed by atoms with E-state index in [-0.39, 0.29) is 18.1 Å². The van der Waals surface area contributed by atoms with Gasteiger partial charge in [0, 0.05) is 31.1 Å². The SMILES string of the molecule is CC1=CCC2(CO)COC(c3ccc(N(C)C)cc3)C1C2. The van der Waals surface area contributed by atoms with Crippen LogP contribution < -0.4 is 4.90 Å². The van der Waals surface area contributed by atoms with Crippen molar-refractivity contribution in [2.45, 2.75) is 25.9 Å². The number of hydrogen-bond acceptors (Lipinski definition) is 3. The van der Waals surface area contributed by atoms with E-state index in [2.05, 4.69) is 56.3 Å². The van der Waals surface area contributed by atoms with Crippen molar-refractivity contribution in [2.75, 3.05) is 32.2 Å². The molecule has 3 atom stereocenters. The number of rotatable bonds is 3. The van der Waals surface area contributed by atoms with Gasteiger partial charge in [-0.2, -0.15) is 0 Å². The second-order valence-corrected chi connectivity index (χ2v) is 6.84. The molecule has 0 spiro atoms. The lowest BCUT2D eigenvalue weighted by atomic mass is 9.67. The van der Waals surface area contributed by atoms with Crippen molar-refractivity contribution in [3.8, 4) is 0 Å². The van der Waals surface area contributed by atoms with Gasteiger partial charge in [0.2, 0.25) is 0 Å². The maximum absolute atomic E-state index is 9.72. The predicted molar refractivity (Wildman–Crippen MR) is 85.5 cm³/mol. The fourth-order valence-electron chi connectivity index (χ4n) is 3.55. The minimum atomic E-state index is -0.0513. The second kappa shape index (κ2) is 5.47. The molecule has 1 fully saturated rings. The zero-order chi connectivity index (χ0) is 15.0. The molecule has 0 aromatic heterocycles. The molecule has 1 heterocycles. The number of benzene rings is 1. The summed E-state index contributed by atoms with van der Waals surface area (Å²) in [6.07, 6.45) is 4.40. The van der Waals surface area contributed by atoms with Crippen LogP contribution in [0, 0.1) is 11.3 Å². The summed E-state index contributed by atoms with van der Waals surface area (Å²) in [4.78, 5) is 2.11. The van der Waals surface area contributed by atoms with Crippen LogP contribution in [0.5, 0.6) is 0 Å². The summed E-state index contributed by atoms with van der Waals surface area (Å²) in [5.74, 6) is 0.393. The van der Waals surface area contributed by atoms with Crippen LogP contribution in [0.15, 0.2) is 35.9 Å². The highest BCUT2D eigenvalue weighted by Crippen LogP contribution is 2.50. The smallest absolute Gasteiger partial charge is 0.0890 e. The number of hydrogen-bond donors (Lipinski definition) is 1. The molecular formula is C18H25NO2. The highest BCUT2D eigenvalue weighted by atomic mass is 16.5. The van der Waals surface area contributed by atoms with Crippen molar-refractivity contribution >= 4 is 5.69 Å². The minimum absolute atomic E-state index is 0.0513. The normalized spacial score (nSPS) is 31.7. The number of allylic oxidation sites excluding steroid dienone is 1. The van der Waals surface area contributed by atoms with Crippen molar-refractivity contribution in [1.82, 2.24) is 0 Å². The van der Waals surface area contributed by atoms with E-state index in [9.17, 15) is 5.11 Å². The molecule has 3 nitrogen and oxygen atoms in total. The average Bonchev–Trinajstić information content (AvgIpc) is 2.52. The lowest BCUT2D eigenvalue weighted by molar-refractivity contribution is -0.113. The molecule has 2 bridgehead atoms. The van der Waals surface area contributed by atoms with Gasteiger partial charge in [-0.25, -0.2) is 0 Å². The first-order valence-corrected chi connectivity index (χ1v) is 7.71. The zero-order valence-electron chi connectivity index (χ0n) is 13.2. The lowest BCUT2D eigenvalue weighted by Crippen LogP contribution is -2.43. The van der Waals surface area contributed by atoms with Crippen LogP contribution >= 0.6 is 0 Å². The van der Waals surface area contributed by atoms with Crippen LogP contribution in [-0.4, -0.2) is 32.4 Å².